The molecule has 2 N–H and O–H groups in total. The van der Waals surface area contributed by atoms with Gasteiger partial charge in [-0.1, -0.05) is 17.7 Å². The summed E-state index contributed by atoms with van der Waals surface area (Å²) < 4.78 is 36.9. The molecule has 116 valence electrons. The standard InChI is InChI=1S/C13H15ClF3N3O/c14-9-2-1-3-10(18)11(9)12(21)20-6-4-19(5-7-20)8-13(15,16)17/h1-3H,4-8,18H2. The molecule has 2 rings (SSSR count). The molecule has 8 heteroatoms. The van der Waals surface area contributed by atoms with Crippen LogP contribution in [0.1, 0.15) is 10.4 Å². The Morgan fingerprint density at radius 2 is 1.86 bits per heavy atom. The number of rotatable bonds is 2. The number of amides is 1. The number of carbonyl (C=O) groups excluding carboxylic acids is 1. The van der Waals surface area contributed by atoms with Crippen LogP contribution in [0.4, 0.5) is 18.9 Å². The Morgan fingerprint density at radius 1 is 1.24 bits per heavy atom. The van der Waals surface area contributed by atoms with Crippen LogP contribution in [0.15, 0.2) is 18.2 Å². The van der Waals surface area contributed by atoms with Crippen molar-refractivity contribution in [1.29, 1.82) is 0 Å². The number of piperazine rings is 1. The van der Waals surface area contributed by atoms with Gasteiger partial charge in [-0.15, -0.1) is 0 Å². The molecule has 0 radical (unpaired) electrons. The Hall–Kier alpha value is -1.47. The molecule has 1 saturated heterocycles. The molecule has 1 aromatic rings. The lowest BCUT2D eigenvalue weighted by Crippen LogP contribution is -2.51. The van der Waals surface area contributed by atoms with Gasteiger partial charge in [0.05, 0.1) is 17.1 Å². The Morgan fingerprint density at radius 3 is 2.38 bits per heavy atom. The molecule has 1 heterocycles. The highest BCUT2D eigenvalue weighted by atomic mass is 35.5. The Balaban J connectivity index is 2.01. The molecule has 0 unspecified atom stereocenters. The normalized spacial score (nSPS) is 17.0. The first-order chi connectivity index (χ1) is 9.78. The largest absolute Gasteiger partial charge is 0.401 e. The lowest BCUT2D eigenvalue weighted by atomic mass is 10.1. The van der Waals surface area contributed by atoms with Crippen molar-refractivity contribution >= 4 is 23.2 Å². The molecule has 0 aromatic heterocycles. The number of halogens is 4. The Labute approximate surface area is 125 Å². The van der Waals surface area contributed by atoms with Crippen molar-refractivity contribution in [1.82, 2.24) is 9.80 Å². The number of hydrogen-bond acceptors (Lipinski definition) is 3. The Kier molecular flexibility index (Phi) is 4.63. The summed E-state index contributed by atoms with van der Waals surface area (Å²) in [7, 11) is 0. The van der Waals surface area contributed by atoms with Crippen LogP contribution in [-0.2, 0) is 0 Å². The third-order valence-electron chi connectivity index (χ3n) is 3.32. The molecule has 0 atom stereocenters. The van der Waals surface area contributed by atoms with E-state index in [4.69, 9.17) is 17.3 Å². The molecule has 1 aliphatic rings. The third-order valence-corrected chi connectivity index (χ3v) is 3.64. The second-order valence-electron chi connectivity index (χ2n) is 4.89. The summed E-state index contributed by atoms with van der Waals surface area (Å²) in [5.74, 6) is -0.343. The van der Waals surface area contributed by atoms with Gasteiger partial charge < -0.3 is 10.6 Å². The van der Waals surface area contributed by atoms with Gasteiger partial charge in [-0.05, 0) is 12.1 Å². The fourth-order valence-corrected chi connectivity index (χ4v) is 2.55. The highest BCUT2D eigenvalue weighted by molar-refractivity contribution is 6.34. The van der Waals surface area contributed by atoms with Gasteiger partial charge in [0.2, 0.25) is 0 Å². The molecule has 1 amide bonds. The molecule has 1 aliphatic heterocycles. The van der Waals surface area contributed by atoms with Crippen molar-refractivity contribution < 1.29 is 18.0 Å². The van der Waals surface area contributed by atoms with Crippen molar-refractivity contribution in [2.75, 3.05) is 38.5 Å². The van der Waals surface area contributed by atoms with Crippen molar-refractivity contribution in [3.05, 3.63) is 28.8 Å². The van der Waals surface area contributed by atoms with E-state index in [2.05, 4.69) is 0 Å². The quantitative estimate of drug-likeness (QED) is 0.850. The van der Waals surface area contributed by atoms with Crippen molar-refractivity contribution in [2.45, 2.75) is 6.18 Å². The van der Waals surface area contributed by atoms with E-state index in [1.807, 2.05) is 0 Å². The van der Waals surface area contributed by atoms with Crippen LogP contribution in [0.5, 0.6) is 0 Å². The number of nitrogens with two attached hydrogens (primary N) is 1. The molecule has 0 bridgehead atoms. The fraction of sp³-hybridized carbons (Fsp3) is 0.462. The van der Waals surface area contributed by atoms with E-state index in [-0.39, 0.29) is 48.4 Å². The zero-order valence-electron chi connectivity index (χ0n) is 11.2. The highest BCUT2D eigenvalue weighted by Gasteiger charge is 2.33. The van der Waals surface area contributed by atoms with E-state index in [1.54, 1.807) is 18.2 Å². The summed E-state index contributed by atoms with van der Waals surface area (Å²) >= 11 is 5.97. The first-order valence-corrected chi connectivity index (χ1v) is 6.78. The minimum atomic E-state index is -4.22. The first kappa shape index (κ1) is 15.9. The van der Waals surface area contributed by atoms with Crippen molar-refractivity contribution in [3.63, 3.8) is 0 Å². The zero-order chi connectivity index (χ0) is 15.6. The highest BCUT2D eigenvalue weighted by Crippen LogP contribution is 2.24. The lowest BCUT2D eigenvalue weighted by Gasteiger charge is -2.35. The SMILES string of the molecule is Nc1cccc(Cl)c1C(=O)N1CCN(CC(F)(F)F)CC1. The number of alkyl halides is 3. The number of nitrogen functional groups attached to an aromatic ring is 1. The number of benzene rings is 1. The maximum Gasteiger partial charge on any atom is 0.401 e. The van der Waals surface area contributed by atoms with Gasteiger partial charge >= 0.3 is 6.18 Å². The van der Waals surface area contributed by atoms with E-state index in [0.29, 0.717) is 0 Å². The smallest absolute Gasteiger partial charge is 0.398 e. The van der Waals surface area contributed by atoms with Crippen molar-refractivity contribution in [3.8, 4) is 0 Å². The third kappa shape index (κ3) is 4.01. The summed E-state index contributed by atoms with van der Waals surface area (Å²) in [6.45, 7) is -0.159. The molecule has 1 fully saturated rings. The number of anilines is 1. The van der Waals surface area contributed by atoms with E-state index in [1.165, 1.54) is 9.80 Å². The van der Waals surface area contributed by atoms with Gasteiger partial charge in [0.1, 0.15) is 0 Å². The van der Waals surface area contributed by atoms with Crippen LogP contribution in [0.25, 0.3) is 0 Å². The molecule has 0 aliphatic carbocycles. The summed E-state index contributed by atoms with van der Waals surface area (Å²) in [4.78, 5) is 15.1. The predicted octanol–water partition coefficient (Wildman–Crippen LogP) is 2.24. The fourth-order valence-electron chi connectivity index (χ4n) is 2.29. The first-order valence-electron chi connectivity index (χ1n) is 6.40. The predicted molar refractivity (Wildman–Crippen MR) is 74.3 cm³/mol. The minimum absolute atomic E-state index is 0.176. The van der Waals surface area contributed by atoms with Gasteiger partial charge in [-0.25, -0.2) is 0 Å². The van der Waals surface area contributed by atoms with E-state index in [0.717, 1.165) is 0 Å². The van der Waals surface area contributed by atoms with Crippen LogP contribution in [0, 0.1) is 0 Å². The number of hydrogen-bond donors (Lipinski definition) is 1. The molecular formula is C13H15ClF3N3O. The van der Waals surface area contributed by atoms with Gasteiger partial charge in [0, 0.05) is 31.9 Å². The van der Waals surface area contributed by atoms with Crippen LogP contribution < -0.4 is 5.73 Å². The lowest BCUT2D eigenvalue weighted by molar-refractivity contribution is -0.148. The van der Waals surface area contributed by atoms with Gasteiger partial charge in [0.25, 0.3) is 5.91 Å². The number of carbonyl (C=O) groups is 1. The molecule has 0 saturated carbocycles. The average Bonchev–Trinajstić information content (AvgIpc) is 2.37. The average molecular weight is 322 g/mol. The molecule has 0 spiro atoms. The Bertz CT molecular complexity index is 508. The number of nitrogens with zero attached hydrogens (tertiary/aromatic N) is 2. The van der Waals surface area contributed by atoms with Gasteiger partial charge in [-0.2, -0.15) is 13.2 Å². The molecule has 21 heavy (non-hydrogen) atoms. The minimum Gasteiger partial charge on any atom is -0.398 e. The summed E-state index contributed by atoms with van der Waals surface area (Å²) in [6.07, 6.45) is -4.22. The van der Waals surface area contributed by atoms with Crippen LogP contribution in [-0.4, -0.2) is 54.6 Å². The van der Waals surface area contributed by atoms with E-state index < -0.39 is 12.7 Å². The van der Waals surface area contributed by atoms with E-state index in [9.17, 15) is 18.0 Å². The summed E-state index contributed by atoms with van der Waals surface area (Å²) in [5.41, 5.74) is 6.23. The second-order valence-corrected chi connectivity index (χ2v) is 5.29. The van der Waals surface area contributed by atoms with Crippen LogP contribution >= 0.6 is 11.6 Å². The molecule has 1 aromatic carbocycles. The molecular weight excluding hydrogens is 307 g/mol. The van der Waals surface area contributed by atoms with Gasteiger partial charge in [-0.3, -0.25) is 9.69 Å². The second kappa shape index (κ2) is 6.11. The monoisotopic (exact) mass is 321 g/mol. The molecule has 4 nitrogen and oxygen atoms in total. The topological polar surface area (TPSA) is 49.6 Å². The maximum atomic E-state index is 12.4. The maximum absolute atomic E-state index is 12.4. The van der Waals surface area contributed by atoms with Gasteiger partial charge in [0.15, 0.2) is 0 Å². The van der Waals surface area contributed by atoms with Crippen LogP contribution in [0.2, 0.25) is 5.02 Å². The van der Waals surface area contributed by atoms with E-state index >= 15 is 0 Å². The summed E-state index contributed by atoms with van der Waals surface area (Å²) in [6, 6.07) is 4.76. The van der Waals surface area contributed by atoms with Crippen molar-refractivity contribution in [2.24, 2.45) is 0 Å². The summed E-state index contributed by atoms with van der Waals surface area (Å²) in [5, 5.41) is 0.248. The van der Waals surface area contributed by atoms with Crippen LogP contribution in [0.3, 0.4) is 0 Å². The zero-order valence-corrected chi connectivity index (χ0v) is 11.9.